The Labute approximate surface area is 116 Å². The Morgan fingerprint density at radius 3 is 2.89 bits per heavy atom. The van der Waals surface area contributed by atoms with Gasteiger partial charge in [-0.25, -0.2) is 0 Å². The van der Waals surface area contributed by atoms with Crippen LogP contribution in [-0.4, -0.2) is 36.2 Å². The number of nitrogens with one attached hydrogen (secondary N) is 1. The number of hydrogen-bond acceptors (Lipinski definition) is 3. The molecule has 3 nitrogen and oxygen atoms in total. The monoisotopic (exact) mass is 262 g/mol. The summed E-state index contributed by atoms with van der Waals surface area (Å²) in [6.07, 6.45) is 3.45. The Morgan fingerprint density at radius 2 is 2.16 bits per heavy atom. The summed E-state index contributed by atoms with van der Waals surface area (Å²) in [5.74, 6) is 0.388. The molecular weight excluding hydrogens is 236 g/mol. The van der Waals surface area contributed by atoms with Crippen molar-refractivity contribution in [2.75, 3.05) is 26.2 Å². The quantitative estimate of drug-likeness (QED) is 0.793. The van der Waals surface area contributed by atoms with Crippen LogP contribution in [-0.2, 0) is 6.42 Å². The van der Waals surface area contributed by atoms with E-state index in [1.54, 1.807) is 6.07 Å². The van der Waals surface area contributed by atoms with Crippen LogP contribution in [0.1, 0.15) is 43.9 Å². The molecule has 1 atom stereocenters. The lowest BCUT2D eigenvalue weighted by atomic mass is 10.1. The molecule has 19 heavy (non-hydrogen) atoms. The van der Waals surface area contributed by atoms with Gasteiger partial charge in [-0.15, -0.1) is 0 Å². The van der Waals surface area contributed by atoms with E-state index in [0.29, 0.717) is 11.8 Å². The molecule has 1 unspecified atom stereocenters. The van der Waals surface area contributed by atoms with Crippen LogP contribution < -0.4 is 5.32 Å². The third-order valence-electron chi connectivity index (χ3n) is 4.01. The summed E-state index contributed by atoms with van der Waals surface area (Å²) in [7, 11) is 0. The van der Waals surface area contributed by atoms with Gasteiger partial charge in [-0.2, -0.15) is 0 Å². The highest BCUT2D eigenvalue weighted by Crippen LogP contribution is 2.32. The lowest BCUT2D eigenvalue weighted by Crippen LogP contribution is -2.33. The fourth-order valence-corrected chi connectivity index (χ4v) is 2.96. The Balaban J connectivity index is 1.83. The van der Waals surface area contributed by atoms with Gasteiger partial charge in [0.2, 0.25) is 0 Å². The van der Waals surface area contributed by atoms with E-state index in [-0.39, 0.29) is 0 Å². The van der Waals surface area contributed by atoms with Crippen LogP contribution in [0, 0.1) is 0 Å². The van der Waals surface area contributed by atoms with Crippen molar-refractivity contribution in [3.05, 3.63) is 29.3 Å². The maximum atomic E-state index is 9.50. The van der Waals surface area contributed by atoms with E-state index in [2.05, 4.69) is 30.1 Å². The summed E-state index contributed by atoms with van der Waals surface area (Å²) in [5, 5.41) is 13.2. The van der Waals surface area contributed by atoms with Crippen LogP contribution in [0.2, 0.25) is 0 Å². The number of phenols is 1. The number of hydrogen-bond donors (Lipinski definition) is 2. The molecule has 0 heterocycles. The molecule has 1 aromatic rings. The largest absolute Gasteiger partial charge is 0.508 e. The average Bonchev–Trinajstić information content (AvgIpc) is 2.80. The van der Waals surface area contributed by atoms with E-state index in [0.717, 1.165) is 32.5 Å². The highest BCUT2D eigenvalue weighted by atomic mass is 16.3. The van der Waals surface area contributed by atoms with Crippen LogP contribution in [0.15, 0.2) is 18.2 Å². The van der Waals surface area contributed by atoms with Gasteiger partial charge in [-0.3, -0.25) is 0 Å². The van der Waals surface area contributed by atoms with Gasteiger partial charge in [-0.1, -0.05) is 19.9 Å². The summed E-state index contributed by atoms with van der Waals surface area (Å²) in [5.41, 5.74) is 2.68. The van der Waals surface area contributed by atoms with E-state index in [9.17, 15) is 5.11 Å². The van der Waals surface area contributed by atoms with E-state index < -0.39 is 0 Å². The minimum Gasteiger partial charge on any atom is -0.508 e. The van der Waals surface area contributed by atoms with Crippen LogP contribution in [0.4, 0.5) is 0 Å². The van der Waals surface area contributed by atoms with Crippen molar-refractivity contribution in [2.45, 2.75) is 39.2 Å². The minimum atomic E-state index is 0.388. The summed E-state index contributed by atoms with van der Waals surface area (Å²) < 4.78 is 0. The number of likely N-dealkylation sites (N-methyl/N-ethyl adjacent to an activating group) is 1. The molecule has 0 fully saturated rings. The van der Waals surface area contributed by atoms with Crippen molar-refractivity contribution in [1.29, 1.82) is 0 Å². The Morgan fingerprint density at radius 1 is 1.32 bits per heavy atom. The van der Waals surface area contributed by atoms with Crippen molar-refractivity contribution < 1.29 is 5.11 Å². The van der Waals surface area contributed by atoms with Gasteiger partial charge in [0.15, 0.2) is 0 Å². The summed E-state index contributed by atoms with van der Waals surface area (Å²) in [4.78, 5) is 2.49. The number of rotatable bonds is 7. The Hall–Kier alpha value is -1.06. The number of benzene rings is 1. The van der Waals surface area contributed by atoms with Crippen LogP contribution in [0.3, 0.4) is 0 Å². The minimum absolute atomic E-state index is 0.388. The molecule has 0 spiro atoms. The molecule has 0 bridgehead atoms. The topological polar surface area (TPSA) is 35.5 Å². The van der Waals surface area contributed by atoms with Crippen LogP contribution >= 0.6 is 0 Å². The number of aromatic hydroxyl groups is 1. The standard InChI is InChI=1S/C16H26N2O/c1-3-10-18(4-2)11-9-17-16-8-5-13-12-14(19)6-7-15(13)16/h6-7,12,16-17,19H,3-5,8-11H2,1-2H3. The first-order valence-electron chi connectivity index (χ1n) is 7.52. The van der Waals surface area contributed by atoms with E-state index in [1.807, 2.05) is 6.07 Å². The lowest BCUT2D eigenvalue weighted by Gasteiger charge is -2.21. The normalized spacial score (nSPS) is 17.9. The highest BCUT2D eigenvalue weighted by Gasteiger charge is 2.21. The molecule has 1 aliphatic carbocycles. The summed E-state index contributed by atoms with van der Waals surface area (Å²) >= 11 is 0. The highest BCUT2D eigenvalue weighted by molar-refractivity contribution is 5.39. The maximum Gasteiger partial charge on any atom is 0.115 e. The lowest BCUT2D eigenvalue weighted by molar-refractivity contribution is 0.282. The second kappa shape index (κ2) is 6.92. The Kier molecular flexibility index (Phi) is 5.23. The molecular formula is C16H26N2O. The first kappa shape index (κ1) is 14.4. The van der Waals surface area contributed by atoms with Crippen molar-refractivity contribution in [2.24, 2.45) is 0 Å². The van der Waals surface area contributed by atoms with E-state index >= 15 is 0 Å². The molecule has 0 radical (unpaired) electrons. The van der Waals surface area contributed by atoms with Gasteiger partial charge in [-0.05, 0) is 55.6 Å². The van der Waals surface area contributed by atoms with Gasteiger partial charge < -0.3 is 15.3 Å². The zero-order valence-electron chi connectivity index (χ0n) is 12.2. The van der Waals surface area contributed by atoms with Crippen molar-refractivity contribution in [3.8, 4) is 5.75 Å². The molecule has 0 amide bonds. The van der Waals surface area contributed by atoms with Gasteiger partial charge in [0.1, 0.15) is 5.75 Å². The predicted octanol–water partition coefficient (Wildman–Crippen LogP) is 2.70. The second-order valence-electron chi connectivity index (χ2n) is 5.36. The molecule has 1 aliphatic rings. The zero-order valence-corrected chi connectivity index (χ0v) is 12.2. The number of aryl methyl sites for hydroxylation is 1. The smallest absolute Gasteiger partial charge is 0.115 e. The molecule has 2 rings (SSSR count). The van der Waals surface area contributed by atoms with Gasteiger partial charge in [0.25, 0.3) is 0 Å². The molecule has 0 aliphatic heterocycles. The van der Waals surface area contributed by atoms with E-state index in [4.69, 9.17) is 0 Å². The van der Waals surface area contributed by atoms with Crippen molar-refractivity contribution in [3.63, 3.8) is 0 Å². The molecule has 0 aromatic heterocycles. The van der Waals surface area contributed by atoms with E-state index in [1.165, 1.54) is 24.1 Å². The molecule has 3 heteroatoms. The second-order valence-corrected chi connectivity index (χ2v) is 5.36. The van der Waals surface area contributed by atoms with Crippen LogP contribution in [0.25, 0.3) is 0 Å². The molecule has 2 N–H and O–H groups in total. The fourth-order valence-electron chi connectivity index (χ4n) is 2.96. The van der Waals surface area contributed by atoms with Crippen LogP contribution in [0.5, 0.6) is 5.75 Å². The fraction of sp³-hybridized carbons (Fsp3) is 0.625. The summed E-state index contributed by atoms with van der Waals surface area (Å²) in [6.45, 7) is 8.93. The maximum absolute atomic E-state index is 9.50. The van der Waals surface area contributed by atoms with Gasteiger partial charge in [0, 0.05) is 19.1 Å². The predicted molar refractivity (Wildman–Crippen MR) is 79.6 cm³/mol. The van der Waals surface area contributed by atoms with Crippen molar-refractivity contribution in [1.82, 2.24) is 10.2 Å². The summed E-state index contributed by atoms with van der Waals surface area (Å²) in [6, 6.07) is 6.25. The van der Waals surface area contributed by atoms with Crippen molar-refractivity contribution >= 4 is 0 Å². The number of fused-ring (bicyclic) bond motifs is 1. The SMILES string of the molecule is CCCN(CC)CCNC1CCc2cc(O)ccc21. The van der Waals surface area contributed by atoms with Gasteiger partial charge in [0.05, 0.1) is 0 Å². The average molecular weight is 262 g/mol. The first-order chi connectivity index (χ1) is 9.24. The first-order valence-corrected chi connectivity index (χ1v) is 7.52. The molecule has 0 saturated carbocycles. The molecule has 106 valence electrons. The van der Waals surface area contributed by atoms with Gasteiger partial charge >= 0.3 is 0 Å². The Bertz CT molecular complexity index is 406. The molecule has 1 aromatic carbocycles. The zero-order chi connectivity index (χ0) is 13.7. The number of phenolic OH excluding ortho intramolecular Hbond substituents is 1. The number of nitrogens with zero attached hydrogens (tertiary/aromatic N) is 1. The molecule has 0 saturated heterocycles. The third kappa shape index (κ3) is 3.71. The third-order valence-corrected chi connectivity index (χ3v) is 4.01.